The number of benzene rings is 1. The van der Waals surface area contributed by atoms with E-state index in [1.165, 1.54) is 6.42 Å². The lowest BCUT2D eigenvalue weighted by atomic mass is 10.00. The number of carbonyl (C=O) groups is 1. The van der Waals surface area contributed by atoms with Crippen LogP contribution in [0.2, 0.25) is 0 Å². The number of piperidine rings is 1. The van der Waals surface area contributed by atoms with E-state index in [9.17, 15) is 4.79 Å². The van der Waals surface area contributed by atoms with Crippen LogP contribution in [0, 0.1) is 0 Å². The van der Waals surface area contributed by atoms with Gasteiger partial charge in [-0.15, -0.1) is 0 Å². The number of fused-ring (bicyclic) bond motifs is 1. The molecule has 0 saturated carbocycles. The fourth-order valence-electron chi connectivity index (χ4n) is 2.89. The maximum Gasteiger partial charge on any atom is 0.333 e. The van der Waals surface area contributed by atoms with Gasteiger partial charge in [0, 0.05) is 23.8 Å². The zero-order chi connectivity index (χ0) is 14.8. The third kappa shape index (κ3) is 3.05. The monoisotopic (exact) mass is 291 g/mol. The van der Waals surface area contributed by atoms with Gasteiger partial charge >= 0.3 is 6.03 Å². The molecule has 1 aromatic rings. The van der Waals surface area contributed by atoms with Gasteiger partial charge in [0.15, 0.2) is 11.5 Å². The van der Waals surface area contributed by atoms with Gasteiger partial charge in [-0.25, -0.2) is 9.80 Å². The molecule has 0 bridgehead atoms. The SMILES string of the molecule is C[C@@H]1CCC[C@@H](C)N1NC(=O)Nc1ccc2c(c1)OCO2. The number of amides is 2. The van der Waals surface area contributed by atoms with Crippen LogP contribution in [-0.4, -0.2) is 29.9 Å². The second kappa shape index (κ2) is 5.81. The van der Waals surface area contributed by atoms with Crippen LogP contribution in [0.25, 0.3) is 0 Å². The first kappa shape index (κ1) is 14.0. The second-order valence-electron chi connectivity index (χ2n) is 5.67. The van der Waals surface area contributed by atoms with Crippen molar-refractivity contribution in [2.75, 3.05) is 12.1 Å². The average molecular weight is 291 g/mol. The number of nitrogens with one attached hydrogen (secondary N) is 2. The van der Waals surface area contributed by atoms with Crippen molar-refractivity contribution in [2.45, 2.75) is 45.2 Å². The summed E-state index contributed by atoms with van der Waals surface area (Å²) >= 11 is 0. The van der Waals surface area contributed by atoms with E-state index in [0.29, 0.717) is 29.3 Å². The molecule has 0 aliphatic carbocycles. The Hall–Kier alpha value is -1.95. The topological polar surface area (TPSA) is 62.8 Å². The number of hydrogen-bond donors (Lipinski definition) is 2. The van der Waals surface area contributed by atoms with Crippen LogP contribution in [0.5, 0.6) is 11.5 Å². The predicted octanol–water partition coefficient (Wildman–Crippen LogP) is 2.71. The number of urea groups is 1. The van der Waals surface area contributed by atoms with Gasteiger partial charge in [-0.3, -0.25) is 5.43 Å². The Labute approximate surface area is 124 Å². The smallest absolute Gasteiger partial charge is 0.333 e. The number of anilines is 1. The zero-order valence-electron chi connectivity index (χ0n) is 12.4. The minimum Gasteiger partial charge on any atom is -0.454 e. The highest BCUT2D eigenvalue weighted by molar-refractivity contribution is 5.89. The van der Waals surface area contributed by atoms with Crippen LogP contribution in [0.4, 0.5) is 10.5 Å². The largest absolute Gasteiger partial charge is 0.454 e. The van der Waals surface area contributed by atoms with E-state index in [2.05, 4.69) is 24.6 Å². The molecule has 0 spiro atoms. The van der Waals surface area contributed by atoms with E-state index >= 15 is 0 Å². The van der Waals surface area contributed by atoms with Crippen LogP contribution < -0.4 is 20.2 Å². The van der Waals surface area contributed by atoms with Gasteiger partial charge in [-0.1, -0.05) is 6.42 Å². The number of nitrogens with zero attached hydrogens (tertiary/aromatic N) is 1. The van der Waals surface area contributed by atoms with Gasteiger partial charge < -0.3 is 14.8 Å². The molecule has 0 unspecified atom stereocenters. The molecule has 0 aromatic heterocycles. The molecule has 2 amide bonds. The molecule has 6 nitrogen and oxygen atoms in total. The fraction of sp³-hybridized carbons (Fsp3) is 0.533. The summed E-state index contributed by atoms with van der Waals surface area (Å²) in [5.41, 5.74) is 3.63. The molecule has 6 heteroatoms. The Bertz CT molecular complexity index is 525. The molecule has 2 atom stereocenters. The first-order valence-electron chi connectivity index (χ1n) is 7.39. The predicted molar refractivity (Wildman–Crippen MR) is 79.3 cm³/mol. The van der Waals surface area contributed by atoms with Crippen molar-refractivity contribution in [3.8, 4) is 11.5 Å². The fourth-order valence-corrected chi connectivity index (χ4v) is 2.89. The average Bonchev–Trinajstić information content (AvgIpc) is 2.90. The normalized spacial score (nSPS) is 24.7. The van der Waals surface area contributed by atoms with E-state index in [-0.39, 0.29) is 12.8 Å². The summed E-state index contributed by atoms with van der Waals surface area (Å²) in [6.45, 7) is 4.50. The highest BCUT2D eigenvalue weighted by atomic mass is 16.7. The van der Waals surface area contributed by atoms with E-state index in [0.717, 1.165) is 12.8 Å². The Morgan fingerprint density at radius 3 is 2.67 bits per heavy atom. The van der Waals surface area contributed by atoms with Crippen molar-refractivity contribution in [1.29, 1.82) is 0 Å². The summed E-state index contributed by atoms with van der Waals surface area (Å²) in [7, 11) is 0. The van der Waals surface area contributed by atoms with Gasteiger partial charge in [-0.2, -0.15) is 0 Å². The minimum absolute atomic E-state index is 0.227. The van der Waals surface area contributed by atoms with Crippen molar-refractivity contribution in [3.63, 3.8) is 0 Å². The van der Waals surface area contributed by atoms with Crippen molar-refractivity contribution in [3.05, 3.63) is 18.2 Å². The van der Waals surface area contributed by atoms with E-state index in [4.69, 9.17) is 9.47 Å². The number of carbonyl (C=O) groups excluding carboxylic acids is 1. The van der Waals surface area contributed by atoms with Crippen LogP contribution in [0.1, 0.15) is 33.1 Å². The molecule has 3 rings (SSSR count). The van der Waals surface area contributed by atoms with Crippen LogP contribution in [0.15, 0.2) is 18.2 Å². The minimum atomic E-state index is -0.227. The zero-order valence-corrected chi connectivity index (χ0v) is 12.4. The summed E-state index contributed by atoms with van der Waals surface area (Å²) in [4.78, 5) is 12.1. The standard InChI is InChI=1S/C15H21N3O3/c1-10-4-3-5-11(2)18(10)17-15(19)16-12-6-7-13-14(8-12)21-9-20-13/h6-8,10-11H,3-5,9H2,1-2H3,(H2,16,17,19)/t10-,11-/m1/s1. The lowest BCUT2D eigenvalue weighted by Crippen LogP contribution is -2.55. The lowest BCUT2D eigenvalue weighted by molar-refractivity contribution is 0.0625. The molecule has 2 aliphatic heterocycles. The van der Waals surface area contributed by atoms with Crippen LogP contribution in [-0.2, 0) is 0 Å². The van der Waals surface area contributed by atoms with Gasteiger partial charge in [-0.05, 0) is 38.8 Å². The van der Waals surface area contributed by atoms with Crippen molar-refractivity contribution in [1.82, 2.24) is 10.4 Å². The van der Waals surface area contributed by atoms with Crippen molar-refractivity contribution < 1.29 is 14.3 Å². The Morgan fingerprint density at radius 2 is 1.90 bits per heavy atom. The van der Waals surface area contributed by atoms with Crippen LogP contribution in [0.3, 0.4) is 0 Å². The lowest BCUT2D eigenvalue weighted by Gasteiger charge is -2.38. The van der Waals surface area contributed by atoms with Gasteiger partial charge in [0.1, 0.15) is 0 Å². The Morgan fingerprint density at radius 1 is 1.19 bits per heavy atom. The van der Waals surface area contributed by atoms with Gasteiger partial charge in [0.25, 0.3) is 0 Å². The third-order valence-electron chi connectivity index (χ3n) is 4.05. The number of rotatable bonds is 2. The molecule has 1 aromatic carbocycles. The summed E-state index contributed by atoms with van der Waals surface area (Å²) in [6, 6.07) is 5.85. The summed E-state index contributed by atoms with van der Waals surface area (Å²) < 4.78 is 10.5. The summed E-state index contributed by atoms with van der Waals surface area (Å²) in [5.74, 6) is 1.37. The molecule has 2 N–H and O–H groups in total. The van der Waals surface area contributed by atoms with Gasteiger partial charge in [0.05, 0.1) is 0 Å². The Kier molecular flexibility index (Phi) is 3.88. The maximum atomic E-state index is 12.1. The summed E-state index contributed by atoms with van der Waals surface area (Å²) in [5, 5.41) is 4.87. The highest BCUT2D eigenvalue weighted by Crippen LogP contribution is 2.34. The molecular weight excluding hydrogens is 270 g/mol. The number of hydrazine groups is 1. The molecule has 1 fully saturated rings. The molecule has 21 heavy (non-hydrogen) atoms. The molecular formula is C15H21N3O3. The molecule has 0 radical (unpaired) electrons. The first-order chi connectivity index (χ1) is 10.1. The molecule has 114 valence electrons. The molecule has 1 saturated heterocycles. The van der Waals surface area contributed by atoms with E-state index in [1.54, 1.807) is 18.2 Å². The first-order valence-corrected chi connectivity index (χ1v) is 7.39. The van der Waals surface area contributed by atoms with Gasteiger partial charge in [0.2, 0.25) is 6.79 Å². The van der Waals surface area contributed by atoms with Crippen LogP contribution >= 0.6 is 0 Å². The highest BCUT2D eigenvalue weighted by Gasteiger charge is 2.26. The van der Waals surface area contributed by atoms with Crippen molar-refractivity contribution >= 4 is 11.7 Å². The third-order valence-corrected chi connectivity index (χ3v) is 4.05. The molecule has 2 aliphatic rings. The van der Waals surface area contributed by atoms with Crippen molar-refractivity contribution in [2.24, 2.45) is 0 Å². The Balaban J connectivity index is 1.61. The summed E-state index contributed by atoms with van der Waals surface area (Å²) in [6.07, 6.45) is 3.42. The number of hydrogen-bond acceptors (Lipinski definition) is 4. The van der Waals surface area contributed by atoms with E-state index in [1.807, 2.05) is 5.01 Å². The maximum absolute atomic E-state index is 12.1. The molecule has 2 heterocycles. The van der Waals surface area contributed by atoms with E-state index < -0.39 is 0 Å². The quantitative estimate of drug-likeness (QED) is 0.879. The second-order valence-corrected chi connectivity index (χ2v) is 5.67. The number of ether oxygens (including phenoxy) is 2.